The third kappa shape index (κ3) is 17.7. The fraction of sp³-hybridized carbons (Fsp3) is 0.364. The Hall–Kier alpha value is -3.86. The quantitative estimate of drug-likeness (QED) is 0.264. The summed E-state index contributed by atoms with van der Waals surface area (Å²) in [6.07, 6.45) is 0. The van der Waals surface area contributed by atoms with Crippen molar-refractivity contribution in [1.29, 1.82) is 0 Å². The second-order valence-corrected chi connectivity index (χ2v) is 16.5. The molecule has 280 valence electrons. The minimum atomic E-state index is -1.12. The first kappa shape index (κ1) is 49.1. The predicted octanol–water partition coefficient (Wildman–Crippen LogP) is 5.39. The molecule has 0 fully saturated rings. The van der Waals surface area contributed by atoms with Crippen LogP contribution >= 0.6 is 0 Å². The molecular formula is C44H52CeO8. The number of carbonyl (C=O) groups excluding carboxylic acids is 4. The number of hydrogen-bond donors (Lipinski definition) is 0. The summed E-state index contributed by atoms with van der Waals surface area (Å²) in [5.74, 6) is -4.50. The van der Waals surface area contributed by atoms with Gasteiger partial charge in [0, 0.05) is 0 Å². The van der Waals surface area contributed by atoms with Crippen LogP contribution in [0.1, 0.15) is 147 Å². The standard InChI is InChI=1S/4C11H14O2.Ce/c4*1-11(2,3)9-6-4-8(5-7-9)10(12)13;/h4*4-7H,1-3H3,(H,12,13);/q;;;;+4/p-4. The summed E-state index contributed by atoms with van der Waals surface area (Å²) in [4.78, 5) is 41.8. The van der Waals surface area contributed by atoms with E-state index in [-0.39, 0.29) is 85.7 Å². The molecule has 0 saturated carbocycles. The molecule has 8 nitrogen and oxygen atoms in total. The van der Waals surface area contributed by atoms with E-state index in [9.17, 15) is 39.6 Å². The van der Waals surface area contributed by atoms with E-state index in [1.165, 1.54) is 0 Å². The van der Waals surface area contributed by atoms with Crippen molar-refractivity contribution in [2.45, 2.75) is 105 Å². The van der Waals surface area contributed by atoms with Gasteiger partial charge in [-0.2, -0.15) is 0 Å². The van der Waals surface area contributed by atoms with Crippen LogP contribution in [-0.2, 0) is 21.7 Å². The minimum absolute atomic E-state index is 0. The summed E-state index contributed by atoms with van der Waals surface area (Å²) in [6, 6.07) is 27.2. The Kier molecular flexibility index (Phi) is 19.1. The van der Waals surface area contributed by atoms with Crippen molar-refractivity contribution in [1.82, 2.24) is 0 Å². The first-order chi connectivity index (χ1) is 23.6. The normalized spacial score (nSPS) is 11.1. The number of aromatic carboxylic acids is 4. The average Bonchev–Trinajstić information content (AvgIpc) is 3.04. The fourth-order valence-corrected chi connectivity index (χ4v) is 4.43. The van der Waals surface area contributed by atoms with E-state index in [4.69, 9.17) is 0 Å². The summed E-state index contributed by atoms with van der Waals surface area (Å²) in [6.45, 7) is 25.0. The van der Waals surface area contributed by atoms with Crippen molar-refractivity contribution in [3.05, 3.63) is 142 Å². The van der Waals surface area contributed by atoms with Crippen LogP contribution in [0.3, 0.4) is 0 Å². The van der Waals surface area contributed by atoms with Gasteiger partial charge in [-0.1, -0.05) is 180 Å². The maximum absolute atomic E-state index is 10.5. The van der Waals surface area contributed by atoms with Crippen molar-refractivity contribution in [2.75, 3.05) is 0 Å². The van der Waals surface area contributed by atoms with Crippen LogP contribution in [-0.4, -0.2) is 23.9 Å². The molecule has 0 atom stereocenters. The number of carboxylic acids is 4. The van der Waals surface area contributed by atoms with Gasteiger partial charge in [0.05, 0.1) is 23.9 Å². The molecule has 4 rings (SSSR count). The second kappa shape index (κ2) is 20.6. The first-order valence-corrected chi connectivity index (χ1v) is 16.9. The summed E-state index contributed by atoms with van der Waals surface area (Å²) in [5.41, 5.74) is 5.65. The number of benzene rings is 4. The molecule has 53 heavy (non-hydrogen) atoms. The summed E-state index contributed by atoms with van der Waals surface area (Å²) in [5, 5.41) is 41.8. The largest absolute Gasteiger partial charge is 4.00 e. The van der Waals surface area contributed by atoms with Gasteiger partial charge in [-0.25, -0.2) is 0 Å². The Morgan fingerprint density at radius 2 is 0.415 bits per heavy atom. The average molecular weight is 849 g/mol. The molecule has 0 aliphatic rings. The zero-order chi connectivity index (χ0) is 40.2. The van der Waals surface area contributed by atoms with E-state index in [0.717, 1.165) is 22.3 Å². The van der Waals surface area contributed by atoms with Gasteiger partial charge < -0.3 is 39.6 Å². The molecule has 0 unspecified atom stereocenters. The molecule has 0 bridgehead atoms. The molecule has 0 N–H and O–H groups in total. The fourth-order valence-electron chi connectivity index (χ4n) is 4.43. The van der Waals surface area contributed by atoms with Crippen LogP contribution in [0.4, 0.5) is 0 Å². The van der Waals surface area contributed by atoms with Crippen molar-refractivity contribution >= 4 is 23.9 Å². The molecule has 0 spiro atoms. The first-order valence-electron chi connectivity index (χ1n) is 16.9. The van der Waals surface area contributed by atoms with Crippen LogP contribution in [0, 0.1) is 41.7 Å². The third-order valence-corrected chi connectivity index (χ3v) is 7.95. The zero-order valence-electron chi connectivity index (χ0n) is 33.0. The van der Waals surface area contributed by atoms with Gasteiger partial charge in [0.15, 0.2) is 0 Å². The van der Waals surface area contributed by atoms with E-state index in [1.54, 1.807) is 48.5 Å². The summed E-state index contributed by atoms with van der Waals surface area (Å²) < 4.78 is 0. The Bertz CT molecular complexity index is 1490. The smallest absolute Gasteiger partial charge is 0.545 e. The van der Waals surface area contributed by atoms with Crippen LogP contribution in [0.5, 0.6) is 0 Å². The third-order valence-electron chi connectivity index (χ3n) is 7.95. The number of rotatable bonds is 4. The van der Waals surface area contributed by atoms with Crippen molar-refractivity contribution in [3.8, 4) is 0 Å². The summed E-state index contributed by atoms with van der Waals surface area (Å²) >= 11 is 0. The Labute approximate surface area is 349 Å². The molecule has 9 heteroatoms. The maximum Gasteiger partial charge on any atom is 4.00 e. The second-order valence-electron chi connectivity index (χ2n) is 16.5. The molecule has 4 aromatic carbocycles. The van der Waals surface area contributed by atoms with Gasteiger partial charge >= 0.3 is 41.7 Å². The van der Waals surface area contributed by atoms with Crippen LogP contribution < -0.4 is 20.4 Å². The molecule has 0 amide bonds. The van der Waals surface area contributed by atoms with Crippen molar-refractivity contribution in [2.24, 2.45) is 0 Å². The Morgan fingerprint density at radius 3 is 0.491 bits per heavy atom. The molecule has 0 aliphatic carbocycles. The van der Waals surface area contributed by atoms with Gasteiger partial charge in [-0.05, 0) is 66.2 Å². The zero-order valence-corrected chi connectivity index (χ0v) is 36.1. The van der Waals surface area contributed by atoms with E-state index >= 15 is 0 Å². The van der Waals surface area contributed by atoms with Gasteiger partial charge in [0.2, 0.25) is 0 Å². The minimum Gasteiger partial charge on any atom is -0.545 e. The van der Waals surface area contributed by atoms with Gasteiger partial charge in [-0.3, -0.25) is 0 Å². The van der Waals surface area contributed by atoms with E-state index in [0.29, 0.717) is 0 Å². The summed E-state index contributed by atoms with van der Waals surface area (Å²) in [7, 11) is 0. The maximum atomic E-state index is 10.5. The number of hydrogen-bond acceptors (Lipinski definition) is 8. The Balaban J connectivity index is 0.000000676. The SMILES string of the molecule is CC(C)(C)c1ccc(C(=O)[O-])cc1.CC(C)(C)c1ccc(C(=O)[O-])cc1.CC(C)(C)c1ccc(C(=O)[O-])cc1.CC(C)(C)c1ccc(C(=O)[O-])cc1.[Ce+4]. The van der Waals surface area contributed by atoms with Crippen LogP contribution in [0.15, 0.2) is 97.1 Å². The van der Waals surface area contributed by atoms with E-state index in [1.807, 2.05) is 48.5 Å². The molecule has 0 radical (unpaired) electrons. The van der Waals surface area contributed by atoms with Crippen LogP contribution in [0.25, 0.3) is 0 Å². The molecule has 0 aliphatic heterocycles. The van der Waals surface area contributed by atoms with Gasteiger partial charge in [-0.15, -0.1) is 0 Å². The number of carbonyl (C=O) groups is 4. The van der Waals surface area contributed by atoms with E-state index < -0.39 is 23.9 Å². The van der Waals surface area contributed by atoms with Crippen LogP contribution in [0.2, 0.25) is 0 Å². The molecular weight excluding hydrogens is 797 g/mol. The topological polar surface area (TPSA) is 161 Å². The Morgan fingerprint density at radius 1 is 0.302 bits per heavy atom. The molecule has 0 aromatic heterocycles. The van der Waals surface area contributed by atoms with Gasteiger partial charge in [0.1, 0.15) is 0 Å². The molecule has 0 saturated heterocycles. The van der Waals surface area contributed by atoms with Gasteiger partial charge in [0.25, 0.3) is 0 Å². The number of carboxylic acid groups (broad SMARTS) is 4. The molecule has 0 heterocycles. The van der Waals surface area contributed by atoms with Crippen molar-refractivity contribution in [3.63, 3.8) is 0 Å². The molecule has 4 aromatic rings. The monoisotopic (exact) mass is 848 g/mol. The van der Waals surface area contributed by atoms with E-state index in [2.05, 4.69) is 83.1 Å². The predicted molar refractivity (Wildman–Crippen MR) is 198 cm³/mol. The van der Waals surface area contributed by atoms with Crippen molar-refractivity contribution < 1.29 is 81.4 Å².